The Morgan fingerprint density at radius 2 is 1.06 bits per heavy atom. The van der Waals surface area contributed by atoms with Crippen LogP contribution in [-0.4, -0.2) is 77.4 Å². The molecule has 0 radical (unpaired) electrons. The van der Waals surface area contributed by atoms with Gasteiger partial charge in [0, 0.05) is 13.6 Å². The largest absolute Gasteiger partial charge is 0.398 e. The van der Waals surface area contributed by atoms with Gasteiger partial charge < -0.3 is 11.1 Å². The second kappa shape index (κ2) is 35.6. The number of nitro benzene ring substituents is 2. The fourth-order valence-electron chi connectivity index (χ4n) is 4.52. The molecule has 26 heteroatoms. The van der Waals surface area contributed by atoms with Crippen molar-refractivity contribution in [2.75, 3.05) is 18.2 Å². The molecular weight excluding hydrogens is 1190 g/mol. The van der Waals surface area contributed by atoms with Crippen LogP contribution in [0.25, 0.3) is 0 Å². The number of nitrogens with zero attached hydrogens (tertiary/aromatic N) is 4. The van der Waals surface area contributed by atoms with Crippen molar-refractivity contribution in [2.24, 2.45) is 0 Å². The molecule has 0 amide bonds. The summed E-state index contributed by atoms with van der Waals surface area (Å²) in [5, 5.41) is 22.6. The van der Waals surface area contributed by atoms with Crippen LogP contribution >= 0.6 is 58.8 Å². The molecule has 5 rings (SSSR count). The molecule has 72 heavy (non-hydrogen) atoms. The van der Waals surface area contributed by atoms with Gasteiger partial charge in [0.25, 0.3) is 11.4 Å². The van der Waals surface area contributed by atoms with Crippen molar-refractivity contribution in [2.45, 2.75) is 113 Å². The third-order valence-corrected chi connectivity index (χ3v) is 16.7. The Hall–Kier alpha value is -4.52. The smallest absolute Gasteiger partial charge is 0.287 e. The van der Waals surface area contributed by atoms with E-state index in [9.17, 15) is 49.7 Å². The zero-order valence-electron chi connectivity index (χ0n) is 39.6. The van der Waals surface area contributed by atoms with Gasteiger partial charge in [0.05, 0.1) is 65.3 Å². The lowest BCUT2D eigenvalue weighted by Crippen LogP contribution is -2.15. The number of sulfone groups is 3. The lowest BCUT2D eigenvalue weighted by atomic mass is 10.3. The maximum Gasteiger partial charge on any atom is 0.287 e. The Balaban J connectivity index is -0.000000267. The Morgan fingerprint density at radius 3 is 1.44 bits per heavy atom. The molecule has 1 unspecified atom stereocenters. The summed E-state index contributed by atoms with van der Waals surface area (Å²) in [6, 6.07) is 24.5. The zero-order valence-corrected chi connectivity index (χ0v) is 47.5. The van der Waals surface area contributed by atoms with Crippen molar-refractivity contribution in [3.63, 3.8) is 0 Å². The van der Waals surface area contributed by atoms with E-state index in [0.29, 0.717) is 11.4 Å². The van der Waals surface area contributed by atoms with Gasteiger partial charge in [0.2, 0.25) is 5.28 Å². The molecule has 1 atom stereocenters. The molecule has 0 aliphatic carbocycles. The summed E-state index contributed by atoms with van der Waals surface area (Å²) in [4.78, 5) is 27.5. The lowest BCUT2D eigenvalue weighted by Gasteiger charge is -2.14. The number of nitro groups is 2. The van der Waals surface area contributed by atoms with Crippen molar-refractivity contribution in [3.05, 3.63) is 139 Å². The Labute approximate surface area is 461 Å². The number of aromatic nitrogens is 2. The van der Waals surface area contributed by atoms with Crippen LogP contribution in [0.5, 0.6) is 0 Å². The SMILES string of the molecule is C.C.C#CC.CC(C)S(=O)(=O)c1ccccc1N.CC(C)S(=O)(=O)c1ccccc1Nc1nc(Cl)ncc1Cl.CC(C)S(=O)(=O)c1ccccc1[N+](=O)[O-].COS(=O)C(C)C.I.O=[N+]([O-])c1ccccc1Cl.[HH]. The summed E-state index contributed by atoms with van der Waals surface area (Å²) >= 11 is 16.1. The fourth-order valence-corrected chi connectivity index (χ4v) is 8.97. The van der Waals surface area contributed by atoms with Crippen LogP contribution in [0.15, 0.2) is 118 Å². The first-order valence-corrected chi connectivity index (χ1v) is 26.9. The molecule has 1 aromatic heterocycles. The van der Waals surface area contributed by atoms with E-state index in [2.05, 4.69) is 31.8 Å². The van der Waals surface area contributed by atoms with Crippen LogP contribution in [0, 0.1) is 32.6 Å². The minimum atomic E-state index is -3.59. The number of anilines is 3. The van der Waals surface area contributed by atoms with E-state index in [1.165, 1.54) is 75.7 Å². The van der Waals surface area contributed by atoms with Crippen molar-refractivity contribution >= 4 is 128 Å². The molecule has 0 aliphatic heterocycles. The highest BCUT2D eigenvalue weighted by Crippen LogP contribution is 2.30. The number of rotatable bonds is 12. The summed E-state index contributed by atoms with van der Waals surface area (Å²) < 4.78 is 86.5. The van der Waals surface area contributed by atoms with E-state index in [1.54, 1.807) is 83.1 Å². The maximum absolute atomic E-state index is 12.4. The molecule has 4 aromatic carbocycles. The van der Waals surface area contributed by atoms with E-state index in [4.69, 9.17) is 40.5 Å². The monoisotopic (exact) mass is 1250 g/mol. The standard InChI is InChI=1S/C13H13Cl2N3O2S.C9H11NO4S.C9H13NO2S.C6H4ClNO2.C4H10O2S.C3H4.2CH4.HI.H2/c1-8(2)21(19,20)11-6-4-3-5-10(11)17-12-9(14)7-16-13(15)18-12;1-7(2)15(13,14)9-6-4-3-5-8(9)10(11)12;1-7(2)13(11,12)9-6-4-3-5-8(9)10;7-5-3-1-2-4-6(5)8(9)10;1-4(2)7(5)6-3;1-3-2;;;;/h3-8H,1-2H3,(H,16,17,18);3-7H,1-2H3;3-7H,10H2,1-2H3;1-4H;4H,1-3H3;1H,2H3;2*1H4;2*1H. The van der Waals surface area contributed by atoms with Gasteiger partial charge in [0.1, 0.15) is 14.9 Å². The average Bonchev–Trinajstić information content (AvgIpc) is 3.28. The minimum Gasteiger partial charge on any atom is -0.398 e. The first kappa shape index (κ1) is 74.0. The lowest BCUT2D eigenvalue weighted by molar-refractivity contribution is -0.387. The van der Waals surface area contributed by atoms with Gasteiger partial charge in [-0.15, -0.1) is 36.3 Å². The molecule has 1 heterocycles. The summed E-state index contributed by atoms with van der Waals surface area (Å²) in [6.45, 7) is 14.9. The van der Waals surface area contributed by atoms with Crippen LogP contribution in [-0.2, 0) is 44.8 Å². The predicted molar refractivity (Wildman–Crippen MR) is 307 cm³/mol. The number of nitrogen functional groups attached to an aromatic ring is 1. The van der Waals surface area contributed by atoms with Crippen LogP contribution < -0.4 is 11.1 Å². The van der Waals surface area contributed by atoms with Crippen molar-refractivity contribution in [1.29, 1.82) is 0 Å². The molecule has 404 valence electrons. The van der Waals surface area contributed by atoms with Crippen LogP contribution in [0.4, 0.5) is 28.6 Å². The summed E-state index contributed by atoms with van der Waals surface area (Å²) in [5.74, 6) is 2.50. The van der Waals surface area contributed by atoms with Gasteiger partial charge in [-0.1, -0.05) is 86.6 Å². The molecule has 0 bridgehead atoms. The molecule has 0 spiro atoms. The average molecular weight is 1260 g/mol. The quantitative estimate of drug-likeness (QED) is 0.0293. The Morgan fingerprint density at radius 1 is 0.681 bits per heavy atom. The molecule has 0 fully saturated rings. The second-order valence-corrected chi connectivity index (χ2v) is 24.8. The van der Waals surface area contributed by atoms with E-state index >= 15 is 0 Å². The number of hydrogen-bond donors (Lipinski definition) is 2. The topological polar surface area (TPSA) is 279 Å². The molecule has 0 saturated carbocycles. The van der Waals surface area contributed by atoms with Gasteiger partial charge in [-0.2, -0.15) is 4.98 Å². The van der Waals surface area contributed by atoms with Gasteiger partial charge in [0.15, 0.2) is 46.4 Å². The summed E-state index contributed by atoms with van der Waals surface area (Å²) in [7, 11) is -8.82. The number of para-hydroxylation sites is 4. The van der Waals surface area contributed by atoms with E-state index in [-0.39, 0.29) is 92.7 Å². The van der Waals surface area contributed by atoms with Crippen LogP contribution in [0.1, 0.15) is 78.6 Å². The molecule has 5 aromatic rings. The van der Waals surface area contributed by atoms with Gasteiger partial charge in [-0.05, 0) is 110 Å². The summed E-state index contributed by atoms with van der Waals surface area (Å²) in [5.41, 5.74) is 5.85. The van der Waals surface area contributed by atoms with E-state index in [0.717, 1.165) is 0 Å². The van der Waals surface area contributed by atoms with Gasteiger partial charge in [-0.25, -0.2) is 34.4 Å². The Bertz CT molecular complexity index is 2900. The van der Waals surface area contributed by atoms with Crippen molar-refractivity contribution in [1.82, 2.24) is 9.97 Å². The normalized spacial score (nSPS) is 10.8. The first-order valence-electron chi connectivity index (χ1n) is 20.0. The molecule has 3 N–H and O–H groups in total. The predicted octanol–water partition coefficient (Wildman–Crippen LogP) is 12.7. The molecule has 0 saturated heterocycles. The number of hydrogen-bond acceptors (Lipinski definition) is 16. The zero-order chi connectivity index (χ0) is 53.4. The van der Waals surface area contributed by atoms with Gasteiger partial charge >= 0.3 is 0 Å². The summed E-state index contributed by atoms with van der Waals surface area (Å²) in [6.07, 6.45) is 5.94. The van der Waals surface area contributed by atoms with Crippen LogP contribution in [0.2, 0.25) is 15.3 Å². The number of halogens is 4. The number of benzene rings is 4. The second-order valence-electron chi connectivity index (χ2n) is 14.5. The third-order valence-electron chi connectivity index (χ3n) is 8.22. The van der Waals surface area contributed by atoms with Crippen molar-refractivity contribution < 1.29 is 44.9 Å². The fraction of sp³-hybridized carbons (Fsp3) is 0.348. The Kier molecular flexibility index (Phi) is 36.6. The van der Waals surface area contributed by atoms with Gasteiger partial charge in [-0.3, -0.25) is 24.4 Å². The number of nitrogens with one attached hydrogen (secondary N) is 1. The molecular formula is C46H66Cl3IN6O12S4. The first-order chi connectivity index (χ1) is 32.0. The highest BCUT2D eigenvalue weighted by molar-refractivity contribution is 14.0. The number of nitrogens with two attached hydrogens (primary N) is 1. The molecule has 18 nitrogen and oxygen atoms in total. The number of terminal acetylenes is 1. The highest BCUT2D eigenvalue weighted by Gasteiger charge is 2.28. The maximum atomic E-state index is 12.4. The minimum absolute atomic E-state index is 0. The highest BCUT2D eigenvalue weighted by atomic mass is 127. The molecule has 0 aliphatic rings. The van der Waals surface area contributed by atoms with E-state index < -0.39 is 66.2 Å². The van der Waals surface area contributed by atoms with Crippen molar-refractivity contribution in [3.8, 4) is 12.3 Å². The van der Waals surface area contributed by atoms with E-state index in [1.807, 2.05) is 13.8 Å². The van der Waals surface area contributed by atoms with Crippen LogP contribution in [0.3, 0.4) is 0 Å². The third kappa shape index (κ3) is 24.0.